The lowest BCUT2D eigenvalue weighted by Crippen LogP contribution is -2.43. The van der Waals surface area contributed by atoms with Gasteiger partial charge in [0.25, 0.3) is 0 Å². The van der Waals surface area contributed by atoms with E-state index in [1.807, 2.05) is 18.9 Å². The zero-order valence-electron chi connectivity index (χ0n) is 12.7. The molecular formula is C13H29Cl2N3O2. The van der Waals surface area contributed by atoms with E-state index in [-0.39, 0.29) is 36.8 Å². The van der Waals surface area contributed by atoms with Crippen LogP contribution < -0.4 is 5.32 Å². The number of carbonyl (C=O) groups is 1. The summed E-state index contributed by atoms with van der Waals surface area (Å²) in [5, 5.41) is 12.2. The van der Waals surface area contributed by atoms with Gasteiger partial charge in [-0.05, 0) is 45.8 Å². The number of likely N-dealkylation sites (N-methyl/N-ethyl adjacent to an activating group) is 2. The van der Waals surface area contributed by atoms with Crippen molar-refractivity contribution in [1.29, 1.82) is 0 Å². The van der Waals surface area contributed by atoms with E-state index >= 15 is 0 Å². The van der Waals surface area contributed by atoms with Gasteiger partial charge in [-0.25, -0.2) is 0 Å². The number of aliphatic hydroxyl groups is 1. The van der Waals surface area contributed by atoms with Crippen molar-refractivity contribution >= 4 is 30.7 Å². The van der Waals surface area contributed by atoms with Crippen molar-refractivity contribution in [3.05, 3.63) is 0 Å². The van der Waals surface area contributed by atoms with E-state index < -0.39 is 0 Å². The molecule has 7 heteroatoms. The number of aliphatic hydroxyl groups excluding tert-OH is 1. The number of likely N-dealkylation sites (tertiary alicyclic amines) is 1. The maximum Gasteiger partial charge on any atom is 0.236 e. The maximum atomic E-state index is 11.6. The van der Waals surface area contributed by atoms with Gasteiger partial charge in [-0.2, -0.15) is 0 Å². The van der Waals surface area contributed by atoms with Gasteiger partial charge in [0.15, 0.2) is 0 Å². The Morgan fingerprint density at radius 1 is 1.40 bits per heavy atom. The lowest BCUT2D eigenvalue weighted by Gasteiger charge is -2.34. The summed E-state index contributed by atoms with van der Waals surface area (Å²) in [5.74, 6) is 0.755. The Kier molecular flexibility index (Phi) is 12.9. The van der Waals surface area contributed by atoms with Crippen molar-refractivity contribution in [1.82, 2.24) is 15.1 Å². The summed E-state index contributed by atoms with van der Waals surface area (Å²) >= 11 is 0. The molecule has 0 aliphatic carbocycles. The van der Waals surface area contributed by atoms with Gasteiger partial charge in [0.1, 0.15) is 0 Å². The van der Waals surface area contributed by atoms with Crippen molar-refractivity contribution in [3.8, 4) is 0 Å². The molecule has 2 N–H and O–H groups in total. The molecule has 5 nitrogen and oxygen atoms in total. The van der Waals surface area contributed by atoms with Gasteiger partial charge in [0, 0.05) is 20.1 Å². The van der Waals surface area contributed by atoms with Crippen LogP contribution in [0.15, 0.2) is 0 Å². The van der Waals surface area contributed by atoms with Crippen LogP contribution in [0, 0.1) is 5.92 Å². The van der Waals surface area contributed by atoms with Crippen molar-refractivity contribution < 1.29 is 9.90 Å². The standard InChI is InChI=1S/C13H27N3O2.2ClH/c1-11(17)9-16-6-4-12(5-7-16)10-15(3)13(18)8-14-2;;/h11-12,14,17H,4-10H2,1-3H3;2*1H. The van der Waals surface area contributed by atoms with E-state index in [0.717, 1.165) is 39.0 Å². The van der Waals surface area contributed by atoms with Crippen LogP contribution in [0.5, 0.6) is 0 Å². The predicted molar refractivity (Wildman–Crippen MR) is 86.9 cm³/mol. The Morgan fingerprint density at radius 3 is 2.40 bits per heavy atom. The summed E-state index contributed by atoms with van der Waals surface area (Å²) in [7, 11) is 3.67. The molecule has 0 saturated carbocycles. The first kappa shape index (κ1) is 22.2. The molecule has 1 saturated heterocycles. The fourth-order valence-corrected chi connectivity index (χ4v) is 2.50. The fourth-order valence-electron chi connectivity index (χ4n) is 2.50. The third-order valence-electron chi connectivity index (χ3n) is 3.52. The summed E-state index contributed by atoms with van der Waals surface area (Å²) in [6.07, 6.45) is 1.98. The Bertz CT molecular complexity index is 260. The summed E-state index contributed by atoms with van der Waals surface area (Å²) in [4.78, 5) is 15.8. The average molecular weight is 330 g/mol. The van der Waals surface area contributed by atoms with Gasteiger partial charge < -0.3 is 20.2 Å². The van der Waals surface area contributed by atoms with E-state index in [1.54, 1.807) is 7.05 Å². The first-order valence-corrected chi connectivity index (χ1v) is 6.82. The van der Waals surface area contributed by atoms with Crippen LogP contribution >= 0.6 is 24.8 Å². The van der Waals surface area contributed by atoms with E-state index in [0.29, 0.717) is 12.5 Å². The number of nitrogens with one attached hydrogen (secondary N) is 1. The van der Waals surface area contributed by atoms with E-state index in [2.05, 4.69) is 10.2 Å². The molecule has 1 unspecified atom stereocenters. The summed E-state index contributed by atoms with van der Waals surface area (Å²) in [5.41, 5.74) is 0. The van der Waals surface area contributed by atoms with E-state index in [4.69, 9.17) is 0 Å². The van der Waals surface area contributed by atoms with E-state index in [9.17, 15) is 9.90 Å². The minimum atomic E-state index is -0.249. The second-order valence-electron chi connectivity index (χ2n) is 5.40. The van der Waals surface area contributed by atoms with Gasteiger partial charge in [0.2, 0.25) is 5.91 Å². The zero-order valence-corrected chi connectivity index (χ0v) is 14.3. The van der Waals surface area contributed by atoms with Gasteiger partial charge in [-0.15, -0.1) is 24.8 Å². The number of amides is 1. The van der Waals surface area contributed by atoms with Gasteiger partial charge in [0.05, 0.1) is 12.6 Å². The summed E-state index contributed by atoms with van der Waals surface area (Å²) in [6.45, 7) is 5.92. The third kappa shape index (κ3) is 8.27. The van der Waals surface area contributed by atoms with Gasteiger partial charge >= 0.3 is 0 Å². The number of rotatable bonds is 6. The monoisotopic (exact) mass is 329 g/mol. The Labute approximate surface area is 134 Å². The second kappa shape index (κ2) is 11.6. The smallest absolute Gasteiger partial charge is 0.236 e. The van der Waals surface area contributed by atoms with Gasteiger partial charge in [-0.1, -0.05) is 0 Å². The number of nitrogens with zero attached hydrogens (tertiary/aromatic N) is 2. The van der Waals surface area contributed by atoms with Crippen molar-refractivity contribution in [3.63, 3.8) is 0 Å². The Morgan fingerprint density at radius 2 is 1.95 bits per heavy atom. The highest BCUT2D eigenvalue weighted by Crippen LogP contribution is 2.18. The number of hydrogen-bond acceptors (Lipinski definition) is 4. The normalized spacial score (nSPS) is 17.8. The predicted octanol–water partition coefficient (Wildman–Crippen LogP) is 0.601. The molecule has 0 aromatic rings. The molecule has 1 heterocycles. The first-order chi connectivity index (χ1) is 8.52. The molecule has 1 amide bonds. The lowest BCUT2D eigenvalue weighted by molar-refractivity contribution is -0.129. The SMILES string of the molecule is CNCC(=O)N(C)CC1CCN(CC(C)O)CC1.Cl.Cl. The fraction of sp³-hybridized carbons (Fsp3) is 0.923. The van der Waals surface area contributed by atoms with Crippen molar-refractivity contribution in [2.75, 3.05) is 46.8 Å². The highest BCUT2D eigenvalue weighted by atomic mass is 35.5. The van der Waals surface area contributed by atoms with Crippen LogP contribution in [-0.4, -0.2) is 73.7 Å². The zero-order chi connectivity index (χ0) is 13.5. The lowest BCUT2D eigenvalue weighted by atomic mass is 9.96. The molecule has 1 fully saturated rings. The second-order valence-corrected chi connectivity index (χ2v) is 5.40. The van der Waals surface area contributed by atoms with Crippen LogP contribution in [0.2, 0.25) is 0 Å². The molecule has 0 radical (unpaired) electrons. The first-order valence-electron chi connectivity index (χ1n) is 6.82. The molecule has 20 heavy (non-hydrogen) atoms. The minimum Gasteiger partial charge on any atom is -0.392 e. The van der Waals surface area contributed by atoms with E-state index in [1.165, 1.54) is 0 Å². The van der Waals surface area contributed by atoms with Crippen LogP contribution in [-0.2, 0) is 4.79 Å². The van der Waals surface area contributed by atoms with Crippen LogP contribution in [0.25, 0.3) is 0 Å². The quantitative estimate of drug-likeness (QED) is 0.749. The minimum absolute atomic E-state index is 0. The summed E-state index contributed by atoms with van der Waals surface area (Å²) < 4.78 is 0. The topological polar surface area (TPSA) is 55.8 Å². The molecule has 122 valence electrons. The van der Waals surface area contributed by atoms with Crippen molar-refractivity contribution in [2.45, 2.75) is 25.9 Å². The van der Waals surface area contributed by atoms with Gasteiger partial charge in [-0.3, -0.25) is 4.79 Å². The largest absolute Gasteiger partial charge is 0.392 e. The van der Waals surface area contributed by atoms with Crippen LogP contribution in [0.3, 0.4) is 0 Å². The molecule has 0 spiro atoms. The molecule has 0 bridgehead atoms. The Balaban J connectivity index is 0. The maximum absolute atomic E-state index is 11.6. The highest BCUT2D eigenvalue weighted by molar-refractivity contribution is 5.85. The number of carbonyl (C=O) groups excluding carboxylic acids is 1. The number of hydrogen-bond donors (Lipinski definition) is 2. The molecule has 1 aliphatic heterocycles. The molecule has 0 aromatic heterocycles. The summed E-state index contributed by atoms with van der Waals surface area (Å²) in [6, 6.07) is 0. The number of β-amino-alcohol motifs (C(OH)–C–C–N with tert-alkyl or cyclic N) is 1. The molecule has 1 rings (SSSR count). The molecule has 1 aliphatic rings. The third-order valence-corrected chi connectivity index (χ3v) is 3.52. The van der Waals surface area contributed by atoms with Crippen molar-refractivity contribution in [2.24, 2.45) is 5.92 Å². The Hall–Kier alpha value is -0.0700. The number of piperidine rings is 1. The molecular weight excluding hydrogens is 301 g/mol. The highest BCUT2D eigenvalue weighted by Gasteiger charge is 2.22. The van der Waals surface area contributed by atoms with Crippen LogP contribution in [0.1, 0.15) is 19.8 Å². The van der Waals surface area contributed by atoms with Crippen LogP contribution in [0.4, 0.5) is 0 Å². The number of halogens is 2. The molecule has 1 atom stereocenters. The average Bonchev–Trinajstić information content (AvgIpc) is 2.31. The molecule has 0 aromatic carbocycles.